The number of aromatic nitrogens is 1. The van der Waals surface area contributed by atoms with Gasteiger partial charge >= 0.3 is 0 Å². The van der Waals surface area contributed by atoms with Crippen molar-refractivity contribution in [1.29, 1.82) is 0 Å². The van der Waals surface area contributed by atoms with E-state index < -0.39 is 5.60 Å². The van der Waals surface area contributed by atoms with Gasteiger partial charge in [0.2, 0.25) is 5.91 Å². The molecule has 2 heterocycles. The fourth-order valence-electron chi connectivity index (χ4n) is 1.79. The highest BCUT2D eigenvalue weighted by molar-refractivity contribution is 5.78. The predicted octanol–water partition coefficient (Wildman–Crippen LogP) is 2.31. The molecule has 0 aliphatic carbocycles. The van der Waals surface area contributed by atoms with E-state index in [1.165, 1.54) is 6.26 Å². The molecule has 0 spiro atoms. The van der Waals surface area contributed by atoms with Crippen LogP contribution in [0.3, 0.4) is 0 Å². The molecule has 0 fully saturated rings. The second kappa shape index (κ2) is 6.36. The van der Waals surface area contributed by atoms with Gasteiger partial charge in [-0.1, -0.05) is 13.8 Å². The summed E-state index contributed by atoms with van der Waals surface area (Å²) in [5.41, 5.74) is -0.374. The molecule has 0 aromatic carbocycles. The fourth-order valence-corrected chi connectivity index (χ4v) is 1.79. The summed E-state index contributed by atoms with van der Waals surface area (Å²) in [5.74, 6) is 1.31. The summed E-state index contributed by atoms with van der Waals surface area (Å²) in [6, 6.07) is 3.49. The second-order valence-electron chi connectivity index (χ2n) is 5.96. The summed E-state index contributed by atoms with van der Waals surface area (Å²) in [6.07, 6.45) is 1.64. The number of carbonyl (C=O) groups is 1. The molecule has 2 N–H and O–H groups in total. The van der Waals surface area contributed by atoms with Crippen LogP contribution in [0.4, 0.5) is 0 Å². The minimum Gasteiger partial charge on any atom is -0.459 e. The number of hydrogen-bond acceptors (Lipinski definition) is 5. The van der Waals surface area contributed by atoms with Gasteiger partial charge in [-0.15, -0.1) is 0 Å². The standard InChI is InChI=1S/C16H22N2O4/c1-10(2)16(4,20)9-17-14(19)8-12-11(3)22-15(18-12)13-6-5-7-21-13/h5-7,10,20H,8-9H2,1-4H3,(H,17,19). The van der Waals surface area contributed by atoms with Gasteiger partial charge < -0.3 is 19.3 Å². The Bertz CT molecular complexity index is 627. The lowest BCUT2D eigenvalue weighted by molar-refractivity contribution is -0.122. The van der Waals surface area contributed by atoms with E-state index in [9.17, 15) is 9.90 Å². The van der Waals surface area contributed by atoms with Crippen molar-refractivity contribution in [2.24, 2.45) is 5.92 Å². The predicted molar refractivity (Wildman–Crippen MR) is 81.1 cm³/mol. The highest BCUT2D eigenvalue weighted by Gasteiger charge is 2.25. The van der Waals surface area contributed by atoms with Gasteiger partial charge in [0.15, 0.2) is 5.76 Å². The van der Waals surface area contributed by atoms with Crippen LogP contribution in [0.1, 0.15) is 32.2 Å². The zero-order chi connectivity index (χ0) is 16.3. The van der Waals surface area contributed by atoms with Crippen molar-refractivity contribution in [3.63, 3.8) is 0 Å². The molecule has 1 amide bonds. The average Bonchev–Trinajstić information content (AvgIpc) is 3.07. The Labute approximate surface area is 129 Å². The summed E-state index contributed by atoms with van der Waals surface area (Å²) in [6.45, 7) is 7.47. The van der Waals surface area contributed by atoms with E-state index in [1.807, 2.05) is 13.8 Å². The van der Waals surface area contributed by atoms with Crippen molar-refractivity contribution in [2.45, 2.75) is 39.7 Å². The van der Waals surface area contributed by atoms with Gasteiger partial charge in [0.1, 0.15) is 5.76 Å². The first kappa shape index (κ1) is 16.3. The maximum absolute atomic E-state index is 12.0. The molecule has 0 bridgehead atoms. The van der Waals surface area contributed by atoms with Gasteiger partial charge in [-0.05, 0) is 31.9 Å². The highest BCUT2D eigenvalue weighted by atomic mass is 16.4. The average molecular weight is 306 g/mol. The van der Waals surface area contributed by atoms with Crippen LogP contribution in [-0.2, 0) is 11.2 Å². The molecule has 2 aromatic heterocycles. The van der Waals surface area contributed by atoms with Gasteiger partial charge in [-0.2, -0.15) is 0 Å². The van der Waals surface area contributed by atoms with Gasteiger partial charge in [0, 0.05) is 6.54 Å². The largest absolute Gasteiger partial charge is 0.459 e. The van der Waals surface area contributed by atoms with Crippen molar-refractivity contribution >= 4 is 5.91 Å². The first-order valence-corrected chi connectivity index (χ1v) is 7.29. The Morgan fingerprint density at radius 2 is 2.23 bits per heavy atom. The summed E-state index contributed by atoms with van der Waals surface area (Å²) >= 11 is 0. The first-order valence-electron chi connectivity index (χ1n) is 7.29. The Morgan fingerprint density at radius 1 is 1.50 bits per heavy atom. The quantitative estimate of drug-likeness (QED) is 0.855. The maximum atomic E-state index is 12.0. The van der Waals surface area contributed by atoms with Crippen LogP contribution in [0, 0.1) is 12.8 Å². The zero-order valence-corrected chi connectivity index (χ0v) is 13.3. The zero-order valence-electron chi connectivity index (χ0n) is 13.3. The summed E-state index contributed by atoms with van der Waals surface area (Å²) in [5, 5.41) is 12.9. The molecule has 22 heavy (non-hydrogen) atoms. The topological polar surface area (TPSA) is 88.5 Å². The van der Waals surface area contributed by atoms with Crippen molar-refractivity contribution in [3.8, 4) is 11.7 Å². The van der Waals surface area contributed by atoms with Crippen LogP contribution in [0.25, 0.3) is 11.7 Å². The summed E-state index contributed by atoms with van der Waals surface area (Å²) in [4.78, 5) is 16.3. The smallest absolute Gasteiger partial charge is 0.263 e. The summed E-state index contributed by atoms with van der Waals surface area (Å²) < 4.78 is 10.7. The Balaban J connectivity index is 1.98. The summed E-state index contributed by atoms with van der Waals surface area (Å²) in [7, 11) is 0. The number of amides is 1. The van der Waals surface area contributed by atoms with Crippen LogP contribution >= 0.6 is 0 Å². The van der Waals surface area contributed by atoms with Crippen molar-refractivity contribution in [3.05, 3.63) is 29.9 Å². The molecular formula is C16H22N2O4. The third-order valence-corrected chi connectivity index (χ3v) is 3.84. The van der Waals surface area contributed by atoms with E-state index >= 15 is 0 Å². The minimum atomic E-state index is -0.937. The Morgan fingerprint density at radius 3 is 2.82 bits per heavy atom. The lowest BCUT2D eigenvalue weighted by Gasteiger charge is -2.27. The molecule has 0 aliphatic heterocycles. The van der Waals surface area contributed by atoms with Gasteiger partial charge in [-0.25, -0.2) is 4.98 Å². The second-order valence-corrected chi connectivity index (χ2v) is 5.96. The van der Waals surface area contributed by atoms with E-state index in [2.05, 4.69) is 10.3 Å². The number of aryl methyl sites for hydroxylation is 1. The number of nitrogens with one attached hydrogen (secondary N) is 1. The number of nitrogens with zero attached hydrogens (tertiary/aromatic N) is 1. The Kier molecular flexibility index (Phi) is 4.71. The molecule has 0 saturated carbocycles. The molecule has 1 unspecified atom stereocenters. The van der Waals surface area contributed by atoms with Gasteiger partial charge in [0.05, 0.1) is 24.0 Å². The van der Waals surface area contributed by atoms with Crippen molar-refractivity contribution in [1.82, 2.24) is 10.3 Å². The molecule has 2 aromatic rings. The number of aliphatic hydroxyl groups is 1. The number of carbonyl (C=O) groups excluding carboxylic acids is 1. The number of furan rings is 1. The van der Waals surface area contributed by atoms with Crippen LogP contribution < -0.4 is 5.32 Å². The lowest BCUT2D eigenvalue weighted by atomic mass is 9.92. The molecule has 120 valence electrons. The highest BCUT2D eigenvalue weighted by Crippen LogP contribution is 2.22. The maximum Gasteiger partial charge on any atom is 0.263 e. The lowest BCUT2D eigenvalue weighted by Crippen LogP contribution is -2.44. The molecule has 6 nitrogen and oxygen atoms in total. The van der Waals surface area contributed by atoms with E-state index in [0.29, 0.717) is 23.1 Å². The molecular weight excluding hydrogens is 284 g/mol. The Hall–Kier alpha value is -2.08. The normalized spacial score (nSPS) is 14.1. The molecule has 0 saturated heterocycles. The third-order valence-electron chi connectivity index (χ3n) is 3.84. The van der Waals surface area contributed by atoms with Crippen LogP contribution in [0.5, 0.6) is 0 Å². The fraction of sp³-hybridized carbons (Fsp3) is 0.500. The van der Waals surface area contributed by atoms with E-state index in [4.69, 9.17) is 8.83 Å². The molecule has 0 radical (unpaired) electrons. The molecule has 1 atom stereocenters. The minimum absolute atomic E-state index is 0.0483. The van der Waals surface area contributed by atoms with Crippen molar-refractivity contribution in [2.75, 3.05) is 6.54 Å². The SMILES string of the molecule is Cc1oc(-c2ccco2)nc1CC(=O)NCC(C)(O)C(C)C. The van der Waals surface area contributed by atoms with Crippen LogP contribution in [0.2, 0.25) is 0 Å². The first-order chi connectivity index (χ1) is 10.3. The van der Waals surface area contributed by atoms with Gasteiger partial charge in [0.25, 0.3) is 5.89 Å². The number of oxazole rings is 1. The van der Waals surface area contributed by atoms with Crippen LogP contribution in [0.15, 0.2) is 27.2 Å². The number of rotatable bonds is 6. The van der Waals surface area contributed by atoms with E-state index in [-0.39, 0.29) is 24.8 Å². The molecule has 0 aliphatic rings. The number of hydrogen-bond donors (Lipinski definition) is 2. The van der Waals surface area contributed by atoms with E-state index in [1.54, 1.807) is 26.0 Å². The van der Waals surface area contributed by atoms with Crippen molar-refractivity contribution < 1.29 is 18.7 Å². The van der Waals surface area contributed by atoms with Gasteiger partial charge in [-0.3, -0.25) is 4.79 Å². The van der Waals surface area contributed by atoms with E-state index in [0.717, 1.165) is 0 Å². The molecule has 6 heteroatoms. The van der Waals surface area contributed by atoms with Crippen LogP contribution in [-0.4, -0.2) is 28.1 Å². The monoisotopic (exact) mass is 306 g/mol. The third kappa shape index (κ3) is 3.76. The molecule has 2 rings (SSSR count).